The molecule has 5 rings (SSSR count). The number of halogens is 2. The molecule has 4 aliphatic rings. The fraction of sp³-hybridized carbons (Fsp3) is 0.545. The second-order valence-electron chi connectivity index (χ2n) is 9.20. The first-order chi connectivity index (χ1) is 14.8. The van der Waals surface area contributed by atoms with Crippen LogP contribution in [0.1, 0.15) is 31.2 Å². The number of hydrogen-bond acceptors (Lipinski definition) is 5. The van der Waals surface area contributed by atoms with Crippen molar-refractivity contribution in [2.24, 2.45) is 11.8 Å². The van der Waals surface area contributed by atoms with Gasteiger partial charge in [-0.2, -0.15) is 0 Å². The molecule has 164 valence electrons. The highest BCUT2D eigenvalue weighted by molar-refractivity contribution is 6.47. The van der Waals surface area contributed by atoms with E-state index in [-0.39, 0.29) is 30.1 Å². The van der Waals surface area contributed by atoms with Crippen molar-refractivity contribution in [3.63, 3.8) is 0 Å². The minimum absolute atomic E-state index is 0.0149. The quantitative estimate of drug-likeness (QED) is 0.565. The summed E-state index contributed by atoms with van der Waals surface area (Å²) in [6.07, 6.45) is 3.84. The molecule has 1 aromatic carbocycles. The molecule has 0 aromatic heterocycles. The van der Waals surface area contributed by atoms with Gasteiger partial charge in [0.05, 0.1) is 5.54 Å². The Bertz CT molecular complexity index is 999. The van der Waals surface area contributed by atoms with Crippen molar-refractivity contribution in [3.8, 4) is 0 Å². The largest absolute Gasteiger partial charge is 0.351 e. The van der Waals surface area contributed by atoms with Crippen LogP contribution in [0.3, 0.4) is 0 Å². The number of rotatable bonds is 3. The number of piperazine rings is 1. The predicted molar refractivity (Wildman–Crippen MR) is 103 cm³/mol. The van der Waals surface area contributed by atoms with Crippen molar-refractivity contribution in [1.82, 2.24) is 15.1 Å². The van der Waals surface area contributed by atoms with Crippen LogP contribution < -0.4 is 5.32 Å². The van der Waals surface area contributed by atoms with Crippen LogP contribution in [0, 0.1) is 23.5 Å². The van der Waals surface area contributed by atoms with Gasteiger partial charge in [0.15, 0.2) is 6.04 Å². The summed E-state index contributed by atoms with van der Waals surface area (Å²) in [7, 11) is 0. The summed E-state index contributed by atoms with van der Waals surface area (Å²) in [6, 6.07) is 1.86. The number of carbonyl (C=O) groups excluding carboxylic acids is 4. The Labute approximate surface area is 177 Å². The lowest BCUT2D eigenvalue weighted by Gasteiger charge is -2.52. The van der Waals surface area contributed by atoms with Crippen molar-refractivity contribution >= 4 is 23.4 Å². The molecule has 2 amide bonds. The first kappa shape index (κ1) is 20.2. The van der Waals surface area contributed by atoms with Gasteiger partial charge in [0.25, 0.3) is 0 Å². The summed E-state index contributed by atoms with van der Waals surface area (Å²) in [6.45, 7) is 0.872. The summed E-state index contributed by atoms with van der Waals surface area (Å²) in [4.78, 5) is 54.8. The number of benzene rings is 1. The maximum absolute atomic E-state index is 13.8. The van der Waals surface area contributed by atoms with E-state index in [0.717, 1.165) is 31.7 Å². The molecule has 31 heavy (non-hydrogen) atoms. The predicted octanol–water partition coefficient (Wildman–Crippen LogP) is 0.804. The minimum atomic E-state index is -1.25. The van der Waals surface area contributed by atoms with Gasteiger partial charge in [-0.1, -0.05) is 12.5 Å². The van der Waals surface area contributed by atoms with E-state index in [2.05, 4.69) is 5.32 Å². The first-order valence-electron chi connectivity index (χ1n) is 10.6. The van der Waals surface area contributed by atoms with Gasteiger partial charge in [-0.05, 0) is 31.2 Å². The van der Waals surface area contributed by atoms with Crippen LogP contribution in [-0.2, 0) is 25.7 Å². The molecule has 4 unspecified atom stereocenters. The van der Waals surface area contributed by atoms with E-state index in [1.807, 2.05) is 4.90 Å². The van der Waals surface area contributed by atoms with Gasteiger partial charge in [-0.25, -0.2) is 8.78 Å². The number of carbonyl (C=O) groups is 4. The van der Waals surface area contributed by atoms with Gasteiger partial charge in [-0.3, -0.25) is 24.1 Å². The molecule has 4 fully saturated rings. The Hall–Kier alpha value is -2.68. The van der Waals surface area contributed by atoms with Crippen LogP contribution >= 0.6 is 0 Å². The van der Waals surface area contributed by atoms with Gasteiger partial charge in [0.2, 0.25) is 23.4 Å². The molecule has 9 heteroatoms. The summed E-state index contributed by atoms with van der Waals surface area (Å²) >= 11 is 0. The summed E-state index contributed by atoms with van der Waals surface area (Å²) < 4.78 is 26.9. The Morgan fingerprint density at radius 2 is 1.97 bits per heavy atom. The molecule has 3 heterocycles. The molecule has 1 spiro atoms. The zero-order chi connectivity index (χ0) is 21.9. The van der Waals surface area contributed by atoms with Crippen molar-refractivity contribution < 1.29 is 28.0 Å². The number of fused-ring (bicyclic) bond motifs is 2. The average Bonchev–Trinajstić information content (AvgIpc) is 2.99. The van der Waals surface area contributed by atoms with Gasteiger partial charge < -0.3 is 10.2 Å². The molecule has 7 nitrogen and oxygen atoms in total. The minimum Gasteiger partial charge on any atom is -0.351 e. The van der Waals surface area contributed by atoms with E-state index in [0.29, 0.717) is 25.1 Å². The van der Waals surface area contributed by atoms with E-state index < -0.39 is 41.1 Å². The molecule has 1 saturated carbocycles. The lowest BCUT2D eigenvalue weighted by atomic mass is 9.76. The standard InChI is InChI=1S/C22H23F2N3O4/c23-14-4-3-13(16(24)6-14)8-25-20(30)15-10-26-11-22-5-1-2-12(7-22)9-27(22)21(31)17(26)19(29)18(15)28/h3-4,6,12,15,17H,1-2,5,7-11H2,(H,25,30). The second kappa shape index (κ2) is 7.19. The molecular weight excluding hydrogens is 408 g/mol. The lowest BCUT2D eigenvalue weighted by molar-refractivity contribution is -0.166. The van der Waals surface area contributed by atoms with Gasteiger partial charge in [-0.15, -0.1) is 0 Å². The number of nitrogens with zero attached hydrogens (tertiary/aromatic N) is 2. The van der Waals surface area contributed by atoms with E-state index in [1.54, 1.807) is 4.90 Å². The SMILES string of the molecule is O=C(NCc1ccc(F)cc1F)C1CN2CC34CCCC(CN3C(=O)C2C(=O)C1=O)C4. The highest BCUT2D eigenvalue weighted by Gasteiger charge is 2.60. The summed E-state index contributed by atoms with van der Waals surface area (Å²) in [5.41, 5.74) is -0.237. The Morgan fingerprint density at radius 1 is 1.16 bits per heavy atom. The third-order valence-corrected chi connectivity index (χ3v) is 7.31. The van der Waals surface area contributed by atoms with E-state index in [1.165, 1.54) is 6.07 Å². The number of ketones is 2. The number of hydrogen-bond donors (Lipinski definition) is 1. The van der Waals surface area contributed by atoms with Gasteiger partial charge in [0.1, 0.15) is 17.6 Å². The first-order valence-corrected chi connectivity index (χ1v) is 10.6. The highest BCUT2D eigenvalue weighted by atomic mass is 19.1. The van der Waals surface area contributed by atoms with Crippen LogP contribution in [0.25, 0.3) is 0 Å². The fourth-order valence-electron chi connectivity index (χ4n) is 5.88. The Morgan fingerprint density at radius 3 is 2.74 bits per heavy atom. The molecule has 3 aliphatic heterocycles. The number of Topliss-reactive ketones (excluding diaryl/α,β-unsaturated/α-hetero) is 2. The summed E-state index contributed by atoms with van der Waals surface area (Å²) in [5.74, 6) is -5.10. The van der Waals surface area contributed by atoms with E-state index >= 15 is 0 Å². The number of nitrogens with one attached hydrogen (secondary N) is 1. The third-order valence-electron chi connectivity index (χ3n) is 7.31. The normalized spacial score (nSPS) is 32.6. The van der Waals surface area contributed by atoms with Crippen LogP contribution in [0.2, 0.25) is 0 Å². The Kier molecular flexibility index (Phi) is 4.69. The Balaban J connectivity index is 1.33. The van der Waals surface area contributed by atoms with Crippen molar-refractivity contribution in [2.45, 2.75) is 43.8 Å². The topological polar surface area (TPSA) is 86.8 Å². The third kappa shape index (κ3) is 3.17. The molecule has 0 radical (unpaired) electrons. The van der Waals surface area contributed by atoms with Crippen molar-refractivity contribution in [2.75, 3.05) is 19.6 Å². The fourth-order valence-corrected chi connectivity index (χ4v) is 5.88. The summed E-state index contributed by atoms with van der Waals surface area (Å²) in [5, 5.41) is 2.48. The highest BCUT2D eigenvalue weighted by Crippen LogP contribution is 2.47. The molecule has 4 atom stereocenters. The molecular formula is C22H23F2N3O4. The second-order valence-corrected chi connectivity index (χ2v) is 9.20. The van der Waals surface area contributed by atoms with Gasteiger partial charge in [0, 0.05) is 37.8 Å². The van der Waals surface area contributed by atoms with Gasteiger partial charge >= 0.3 is 0 Å². The zero-order valence-electron chi connectivity index (χ0n) is 16.9. The maximum Gasteiger partial charge on any atom is 0.248 e. The van der Waals surface area contributed by atoms with Crippen molar-refractivity contribution in [3.05, 3.63) is 35.4 Å². The average molecular weight is 431 g/mol. The van der Waals surface area contributed by atoms with Crippen LogP contribution in [0.15, 0.2) is 18.2 Å². The van der Waals surface area contributed by atoms with Crippen LogP contribution in [0.4, 0.5) is 8.78 Å². The van der Waals surface area contributed by atoms with Crippen LogP contribution in [0.5, 0.6) is 0 Å². The van der Waals surface area contributed by atoms with E-state index in [4.69, 9.17) is 0 Å². The number of amides is 2. The van der Waals surface area contributed by atoms with Crippen LogP contribution in [-0.4, -0.2) is 64.4 Å². The monoisotopic (exact) mass is 431 g/mol. The molecule has 1 aliphatic carbocycles. The number of piperidine rings is 1. The lowest BCUT2D eigenvalue weighted by Crippen LogP contribution is -2.72. The molecule has 2 bridgehead atoms. The molecule has 3 saturated heterocycles. The smallest absolute Gasteiger partial charge is 0.248 e. The molecule has 1 N–H and O–H groups in total. The maximum atomic E-state index is 13.8. The molecule has 1 aromatic rings. The van der Waals surface area contributed by atoms with E-state index in [9.17, 15) is 28.0 Å². The zero-order valence-corrected chi connectivity index (χ0v) is 16.9. The van der Waals surface area contributed by atoms with Crippen molar-refractivity contribution in [1.29, 1.82) is 0 Å².